The maximum Gasteiger partial charge on any atom is 0.232 e. The highest BCUT2D eigenvalue weighted by Gasteiger charge is 2.20. The SMILES string of the molecule is CC(C)[C@@H](C)[S@](=O)CC(=O)N[C@H](C)Cc1c(F)cccc1F. The fourth-order valence-corrected chi connectivity index (χ4v) is 3.18. The summed E-state index contributed by atoms with van der Waals surface area (Å²) in [5.41, 5.74) is -0.0491. The fourth-order valence-electron chi connectivity index (χ4n) is 1.97. The number of nitrogens with one attached hydrogen (secondary N) is 1. The average Bonchev–Trinajstić information content (AvgIpc) is 2.41. The number of benzene rings is 1. The molecule has 1 amide bonds. The van der Waals surface area contributed by atoms with Crippen LogP contribution in [0.5, 0.6) is 0 Å². The molecule has 0 unspecified atom stereocenters. The molecular weight excluding hydrogens is 308 g/mol. The predicted molar refractivity (Wildman–Crippen MR) is 85.0 cm³/mol. The standard InChI is InChI=1S/C16H23F2NO2S/c1-10(2)12(4)22(21)9-16(20)19-11(3)8-13-14(17)6-5-7-15(13)18/h5-7,10-12H,8-9H2,1-4H3,(H,19,20)/t11-,12-,22-/m1/s1. The Morgan fingerprint density at radius 1 is 1.18 bits per heavy atom. The molecule has 124 valence electrons. The summed E-state index contributed by atoms with van der Waals surface area (Å²) in [6.07, 6.45) is 0.0522. The third-order valence-electron chi connectivity index (χ3n) is 3.61. The van der Waals surface area contributed by atoms with Crippen molar-refractivity contribution in [3.8, 4) is 0 Å². The summed E-state index contributed by atoms with van der Waals surface area (Å²) in [6, 6.07) is 3.23. The Morgan fingerprint density at radius 2 is 1.73 bits per heavy atom. The van der Waals surface area contributed by atoms with Crippen molar-refractivity contribution < 1.29 is 17.8 Å². The van der Waals surface area contributed by atoms with Crippen LogP contribution < -0.4 is 5.32 Å². The van der Waals surface area contributed by atoms with Gasteiger partial charge in [0.2, 0.25) is 5.91 Å². The lowest BCUT2D eigenvalue weighted by Gasteiger charge is -2.17. The number of hydrogen-bond acceptors (Lipinski definition) is 2. The van der Waals surface area contributed by atoms with Crippen molar-refractivity contribution in [2.24, 2.45) is 5.92 Å². The zero-order valence-corrected chi connectivity index (χ0v) is 14.2. The molecule has 6 heteroatoms. The summed E-state index contributed by atoms with van der Waals surface area (Å²) in [6.45, 7) is 7.40. The molecule has 3 atom stereocenters. The first-order valence-corrected chi connectivity index (χ1v) is 8.70. The number of hydrogen-bond donors (Lipinski definition) is 1. The maximum atomic E-state index is 13.6. The molecule has 0 saturated heterocycles. The van der Waals surface area contributed by atoms with Crippen molar-refractivity contribution in [2.75, 3.05) is 5.75 Å². The van der Waals surface area contributed by atoms with Gasteiger partial charge in [-0.1, -0.05) is 26.8 Å². The maximum absolute atomic E-state index is 13.6. The minimum absolute atomic E-state index is 0.0491. The average molecular weight is 331 g/mol. The molecule has 0 heterocycles. The molecule has 0 radical (unpaired) electrons. The van der Waals surface area contributed by atoms with Crippen molar-refractivity contribution in [2.45, 2.75) is 45.4 Å². The Morgan fingerprint density at radius 3 is 2.23 bits per heavy atom. The van der Waals surface area contributed by atoms with Gasteiger partial charge in [-0.15, -0.1) is 0 Å². The van der Waals surface area contributed by atoms with Gasteiger partial charge in [0.25, 0.3) is 0 Å². The first-order valence-electron chi connectivity index (χ1n) is 7.31. The van der Waals surface area contributed by atoms with E-state index in [1.807, 2.05) is 20.8 Å². The molecule has 1 aromatic carbocycles. The molecule has 0 aliphatic heterocycles. The van der Waals surface area contributed by atoms with E-state index in [0.717, 1.165) is 0 Å². The van der Waals surface area contributed by atoms with Crippen LogP contribution in [0.4, 0.5) is 8.78 Å². The van der Waals surface area contributed by atoms with E-state index < -0.39 is 28.5 Å². The normalized spacial score (nSPS) is 15.4. The van der Waals surface area contributed by atoms with Gasteiger partial charge in [0.05, 0.1) is 0 Å². The lowest BCUT2D eigenvalue weighted by atomic mass is 10.1. The minimum atomic E-state index is -1.26. The van der Waals surface area contributed by atoms with Gasteiger partial charge in [-0.3, -0.25) is 9.00 Å². The molecule has 0 aliphatic carbocycles. The van der Waals surface area contributed by atoms with Gasteiger partial charge in [-0.2, -0.15) is 0 Å². The van der Waals surface area contributed by atoms with E-state index in [4.69, 9.17) is 0 Å². The highest BCUT2D eigenvalue weighted by Crippen LogP contribution is 2.14. The monoisotopic (exact) mass is 331 g/mol. The van der Waals surface area contributed by atoms with Crippen LogP contribution in [0.1, 0.15) is 33.3 Å². The Labute approximate surface area is 132 Å². The molecule has 0 aliphatic rings. The van der Waals surface area contributed by atoms with Crippen LogP contribution in [0.25, 0.3) is 0 Å². The third-order valence-corrected chi connectivity index (χ3v) is 5.53. The molecule has 0 fully saturated rings. The molecule has 0 bridgehead atoms. The van der Waals surface area contributed by atoms with Crippen LogP contribution in [0.3, 0.4) is 0 Å². The molecule has 1 aromatic rings. The molecule has 1 N–H and O–H groups in total. The predicted octanol–water partition coefficient (Wildman–Crippen LogP) is 2.81. The van der Waals surface area contributed by atoms with Gasteiger partial charge in [0.15, 0.2) is 0 Å². The van der Waals surface area contributed by atoms with Gasteiger partial charge >= 0.3 is 0 Å². The molecule has 22 heavy (non-hydrogen) atoms. The molecule has 0 spiro atoms. The minimum Gasteiger partial charge on any atom is -0.353 e. The second-order valence-corrected chi connectivity index (χ2v) is 7.64. The number of carbonyl (C=O) groups excluding carboxylic acids is 1. The topological polar surface area (TPSA) is 46.2 Å². The highest BCUT2D eigenvalue weighted by molar-refractivity contribution is 7.86. The van der Waals surface area contributed by atoms with E-state index >= 15 is 0 Å². The van der Waals surface area contributed by atoms with Crippen LogP contribution in [0.15, 0.2) is 18.2 Å². The Hall–Kier alpha value is -1.30. The van der Waals surface area contributed by atoms with Crippen molar-refractivity contribution in [3.05, 3.63) is 35.4 Å². The van der Waals surface area contributed by atoms with Gasteiger partial charge in [0.1, 0.15) is 17.4 Å². The van der Waals surface area contributed by atoms with Crippen LogP contribution in [0, 0.1) is 17.6 Å². The molecular formula is C16H23F2NO2S. The molecule has 0 aromatic heterocycles. The summed E-state index contributed by atoms with van der Waals surface area (Å²) < 4.78 is 39.1. The van der Waals surface area contributed by atoms with E-state index in [0.29, 0.717) is 0 Å². The van der Waals surface area contributed by atoms with Gasteiger partial charge in [-0.25, -0.2) is 8.78 Å². The quantitative estimate of drug-likeness (QED) is 0.835. The van der Waals surface area contributed by atoms with E-state index in [1.165, 1.54) is 18.2 Å². The Kier molecular flexibility index (Phi) is 7.13. The molecule has 3 nitrogen and oxygen atoms in total. The first kappa shape index (κ1) is 18.7. The second kappa shape index (κ2) is 8.36. The van der Waals surface area contributed by atoms with E-state index in [9.17, 15) is 17.8 Å². The summed E-state index contributed by atoms with van der Waals surface area (Å²) in [7, 11) is -1.26. The smallest absolute Gasteiger partial charge is 0.232 e. The van der Waals surface area contributed by atoms with Crippen LogP contribution in [-0.2, 0) is 22.0 Å². The second-order valence-electron chi connectivity index (χ2n) is 5.85. The summed E-state index contributed by atoms with van der Waals surface area (Å²) >= 11 is 0. The summed E-state index contributed by atoms with van der Waals surface area (Å²) in [5, 5.41) is 2.56. The number of amides is 1. The highest BCUT2D eigenvalue weighted by atomic mass is 32.2. The van der Waals surface area contributed by atoms with Gasteiger partial charge in [0, 0.05) is 27.7 Å². The largest absolute Gasteiger partial charge is 0.353 e. The zero-order valence-electron chi connectivity index (χ0n) is 13.4. The molecule has 1 rings (SSSR count). The van der Waals surface area contributed by atoms with E-state index in [-0.39, 0.29) is 34.8 Å². The van der Waals surface area contributed by atoms with Gasteiger partial charge < -0.3 is 5.32 Å². The van der Waals surface area contributed by atoms with Gasteiger partial charge in [-0.05, 0) is 31.4 Å². The zero-order chi connectivity index (χ0) is 16.9. The van der Waals surface area contributed by atoms with Crippen molar-refractivity contribution in [1.29, 1.82) is 0 Å². The Bertz CT molecular complexity index is 529. The number of halogens is 2. The van der Waals surface area contributed by atoms with Crippen LogP contribution in [0.2, 0.25) is 0 Å². The fraction of sp³-hybridized carbons (Fsp3) is 0.562. The Balaban J connectivity index is 2.56. The van der Waals surface area contributed by atoms with E-state index in [2.05, 4.69) is 5.32 Å². The van der Waals surface area contributed by atoms with Crippen LogP contribution >= 0.6 is 0 Å². The van der Waals surface area contributed by atoms with Crippen molar-refractivity contribution in [1.82, 2.24) is 5.32 Å². The number of carbonyl (C=O) groups is 1. The van der Waals surface area contributed by atoms with E-state index in [1.54, 1.807) is 6.92 Å². The van der Waals surface area contributed by atoms with Crippen molar-refractivity contribution >= 4 is 16.7 Å². The summed E-state index contributed by atoms with van der Waals surface area (Å²) in [4.78, 5) is 11.9. The van der Waals surface area contributed by atoms with Crippen LogP contribution in [-0.4, -0.2) is 27.2 Å². The first-order chi connectivity index (χ1) is 10.2. The molecule has 0 saturated carbocycles. The lowest BCUT2D eigenvalue weighted by Crippen LogP contribution is -2.38. The number of rotatable bonds is 7. The van der Waals surface area contributed by atoms with Crippen molar-refractivity contribution in [3.63, 3.8) is 0 Å². The summed E-state index contributed by atoms with van der Waals surface area (Å²) in [5.74, 6) is -1.49. The lowest BCUT2D eigenvalue weighted by molar-refractivity contribution is -0.119. The third kappa shape index (κ3) is 5.48.